The van der Waals surface area contributed by atoms with E-state index < -0.39 is 51.5 Å². The third-order valence-electron chi connectivity index (χ3n) is 7.98. The molecule has 4 heterocycles. The molecular weight excluding hydrogens is 676 g/mol. The number of aromatic nitrogens is 2. The van der Waals surface area contributed by atoms with Crippen LogP contribution in [0, 0.1) is 17.6 Å². The highest BCUT2D eigenvalue weighted by molar-refractivity contribution is 7.89. The zero-order valence-electron chi connectivity index (χ0n) is 26.7. The molecule has 4 aromatic rings. The van der Waals surface area contributed by atoms with Crippen molar-refractivity contribution >= 4 is 50.9 Å². The van der Waals surface area contributed by atoms with Gasteiger partial charge in [-0.25, -0.2) is 36.9 Å². The summed E-state index contributed by atoms with van der Waals surface area (Å²) in [7, 11) is -3.76. The smallest absolute Gasteiger partial charge is 0.331 e. The van der Waals surface area contributed by atoms with Gasteiger partial charge in [0.15, 0.2) is 11.6 Å². The van der Waals surface area contributed by atoms with Crippen molar-refractivity contribution in [1.82, 2.24) is 19.2 Å². The Morgan fingerprint density at radius 3 is 2.34 bits per heavy atom. The summed E-state index contributed by atoms with van der Waals surface area (Å²) in [6.45, 7) is 3.30. The van der Waals surface area contributed by atoms with Crippen molar-refractivity contribution in [2.45, 2.75) is 30.9 Å². The minimum absolute atomic E-state index is 0.0256. The number of rotatable bonds is 10. The van der Waals surface area contributed by atoms with Gasteiger partial charge in [0.2, 0.25) is 21.8 Å². The van der Waals surface area contributed by atoms with Crippen molar-refractivity contribution in [2.24, 2.45) is 5.92 Å². The number of hydrogen-bond donors (Lipinski definition) is 3. The highest BCUT2D eigenvalue weighted by atomic mass is 32.2. The van der Waals surface area contributed by atoms with E-state index in [4.69, 9.17) is 4.74 Å². The van der Waals surface area contributed by atoms with Crippen LogP contribution in [0.5, 0.6) is 11.5 Å². The van der Waals surface area contributed by atoms with Gasteiger partial charge in [0.1, 0.15) is 34.0 Å². The number of nitrogens with zero attached hydrogens (tertiary/aromatic N) is 5. The molecule has 0 spiro atoms. The first-order chi connectivity index (χ1) is 23.8. The number of urea groups is 1. The molecule has 17 heteroatoms. The molecule has 0 aliphatic carbocycles. The second-order valence-electron chi connectivity index (χ2n) is 11.8. The third kappa shape index (κ3) is 7.10. The van der Waals surface area contributed by atoms with Crippen molar-refractivity contribution < 1.29 is 41.4 Å². The Morgan fingerprint density at radius 1 is 0.960 bits per heavy atom. The molecule has 2 aromatic carbocycles. The number of amides is 4. The van der Waals surface area contributed by atoms with E-state index >= 15 is 4.39 Å². The van der Waals surface area contributed by atoms with Gasteiger partial charge in [-0.3, -0.25) is 9.59 Å². The van der Waals surface area contributed by atoms with E-state index in [0.717, 1.165) is 27.4 Å². The number of ether oxygens (including phenoxy) is 1. The number of aliphatic hydroxyl groups is 1. The molecule has 2 aliphatic rings. The number of benzene rings is 2. The lowest BCUT2D eigenvalue weighted by atomic mass is 10.0. The van der Waals surface area contributed by atoms with Gasteiger partial charge < -0.3 is 25.4 Å². The fraction of sp³-hybridized carbons (Fsp3) is 0.242. The number of hydrogen-bond acceptors (Lipinski definition) is 10. The van der Waals surface area contributed by atoms with Crippen LogP contribution in [-0.2, 0) is 19.6 Å². The summed E-state index contributed by atoms with van der Waals surface area (Å²) in [5.74, 6) is -3.73. The lowest BCUT2D eigenvalue weighted by Gasteiger charge is -2.39. The van der Waals surface area contributed by atoms with Crippen LogP contribution < -0.4 is 20.3 Å². The molecule has 14 nitrogen and oxygen atoms in total. The van der Waals surface area contributed by atoms with Crippen LogP contribution in [0.2, 0.25) is 0 Å². The van der Waals surface area contributed by atoms with Gasteiger partial charge in [0.25, 0.3) is 0 Å². The molecule has 260 valence electrons. The highest BCUT2D eigenvalue weighted by Gasteiger charge is 2.44. The van der Waals surface area contributed by atoms with E-state index in [2.05, 4.69) is 20.6 Å². The summed E-state index contributed by atoms with van der Waals surface area (Å²) >= 11 is 0. The molecule has 2 saturated heterocycles. The SMILES string of the molecule is CC(C)N1CC(C(=O)Nc2ccc(Oc3ccnc(Nc4ccc(S(=O)(=O)N5CC(O)C5)cn4)c3)c(F)c2)C(=O)N(c2ccc(F)cc2)C1=O. The van der Waals surface area contributed by atoms with E-state index in [-0.39, 0.29) is 65.1 Å². The van der Waals surface area contributed by atoms with Crippen molar-refractivity contribution in [2.75, 3.05) is 35.2 Å². The summed E-state index contributed by atoms with van der Waals surface area (Å²) in [5.41, 5.74) is 0.142. The van der Waals surface area contributed by atoms with E-state index in [1.54, 1.807) is 13.8 Å². The van der Waals surface area contributed by atoms with Crippen LogP contribution in [0.4, 0.5) is 36.6 Å². The van der Waals surface area contributed by atoms with E-state index in [1.165, 1.54) is 65.8 Å². The standard InChI is InChI=1S/C33H31F2N7O7S/c1-19(2)41-18-26(32(45)42(33(41)46)22-6-3-20(34)4-7-22)31(44)38-21-5-9-28(27(35)13-21)49-24-11-12-36-30(14-24)39-29-10-8-25(15-37-29)50(47,48)40-16-23(43)17-40/h3-15,19,23,26,43H,16-18H2,1-2H3,(H,38,44)(H,36,37,39). The molecule has 50 heavy (non-hydrogen) atoms. The number of anilines is 4. The quantitative estimate of drug-likeness (QED) is 0.204. The number of halogens is 2. The molecule has 1 atom stereocenters. The summed E-state index contributed by atoms with van der Waals surface area (Å²) in [6.07, 6.45) is 1.90. The summed E-state index contributed by atoms with van der Waals surface area (Å²) in [6, 6.07) is 13.2. The summed E-state index contributed by atoms with van der Waals surface area (Å²) in [5, 5.41) is 14.9. The zero-order chi connectivity index (χ0) is 35.7. The lowest BCUT2D eigenvalue weighted by molar-refractivity contribution is -0.132. The summed E-state index contributed by atoms with van der Waals surface area (Å²) in [4.78, 5) is 50.3. The Morgan fingerprint density at radius 2 is 1.70 bits per heavy atom. The predicted octanol–water partition coefficient (Wildman–Crippen LogP) is 4.09. The molecule has 3 N–H and O–H groups in total. The van der Waals surface area contributed by atoms with Crippen LogP contribution in [-0.4, -0.2) is 82.3 Å². The molecule has 0 radical (unpaired) electrons. The number of carbonyl (C=O) groups is 3. The Kier molecular flexibility index (Phi) is 9.46. The average Bonchev–Trinajstić information content (AvgIpc) is 3.05. The first kappa shape index (κ1) is 34.3. The molecular formula is C33H31F2N7O7S. The maximum atomic E-state index is 15.2. The molecule has 1 unspecified atom stereocenters. The molecule has 0 saturated carbocycles. The van der Waals surface area contributed by atoms with Crippen LogP contribution in [0.3, 0.4) is 0 Å². The molecule has 2 aliphatic heterocycles. The molecule has 2 aromatic heterocycles. The van der Waals surface area contributed by atoms with Crippen LogP contribution >= 0.6 is 0 Å². The first-order valence-electron chi connectivity index (χ1n) is 15.4. The van der Waals surface area contributed by atoms with Crippen molar-refractivity contribution in [3.05, 3.63) is 90.8 Å². The van der Waals surface area contributed by atoms with E-state index in [9.17, 15) is 32.3 Å². The van der Waals surface area contributed by atoms with Crippen molar-refractivity contribution in [3.8, 4) is 11.5 Å². The van der Waals surface area contributed by atoms with Crippen LogP contribution in [0.15, 0.2) is 84.0 Å². The predicted molar refractivity (Wildman–Crippen MR) is 176 cm³/mol. The average molecular weight is 708 g/mol. The Labute approximate surface area is 285 Å². The van der Waals surface area contributed by atoms with Crippen LogP contribution in [0.1, 0.15) is 13.8 Å². The molecule has 4 amide bonds. The Hall–Kier alpha value is -5.52. The number of pyridine rings is 2. The van der Waals surface area contributed by atoms with Gasteiger partial charge in [0.05, 0.1) is 11.8 Å². The maximum Gasteiger partial charge on any atom is 0.331 e. The van der Waals surface area contributed by atoms with Gasteiger partial charge >= 0.3 is 6.03 Å². The second-order valence-corrected chi connectivity index (χ2v) is 13.8. The van der Waals surface area contributed by atoms with E-state index in [1.807, 2.05) is 0 Å². The number of β-amino-alcohol motifs (C(OH)–C–C–N with tert-alkyl or cyclic N) is 1. The molecule has 2 fully saturated rings. The fourth-order valence-electron chi connectivity index (χ4n) is 5.25. The monoisotopic (exact) mass is 707 g/mol. The molecule has 0 bridgehead atoms. The zero-order valence-corrected chi connectivity index (χ0v) is 27.5. The third-order valence-corrected chi connectivity index (χ3v) is 9.79. The second kappa shape index (κ2) is 13.8. The fourth-order valence-corrected chi connectivity index (χ4v) is 6.71. The maximum absolute atomic E-state index is 15.2. The van der Waals surface area contributed by atoms with Gasteiger partial charge in [-0.1, -0.05) is 0 Å². The number of imide groups is 1. The first-order valence-corrected chi connectivity index (χ1v) is 16.8. The Bertz CT molecular complexity index is 2040. The van der Waals surface area contributed by atoms with Crippen molar-refractivity contribution in [1.29, 1.82) is 0 Å². The summed E-state index contributed by atoms with van der Waals surface area (Å²) < 4.78 is 60.7. The minimum atomic E-state index is -3.76. The minimum Gasteiger partial charge on any atom is -0.454 e. The van der Waals surface area contributed by atoms with Crippen molar-refractivity contribution in [3.63, 3.8) is 0 Å². The number of nitrogens with one attached hydrogen (secondary N) is 2. The number of carbonyl (C=O) groups excluding carboxylic acids is 3. The Balaban J connectivity index is 1.11. The largest absolute Gasteiger partial charge is 0.454 e. The normalized spacial score (nSPS) is 17.1. The molecule has 6 rings (SSSR count). The van der Waals surface area contributed by atoms with Gasteiger partial charge in [-0.05, 0) is 68.4 Å². The topological polar surface area (TPSA) is 174 Å². The van der Waals surface area contributed by atoms with Gasteiger partial charge in [-0.2, -0.15) is 4.31 Å². The number of sulfonamides is 1. The van der Waals surface area contributed by atoms with Gasteiger partial charge in [-0.15, -0.1) is 0 Å². The highest BCUT2D eigenvalue weighted by Crippen LogP contribution is 2.30. The van der Waals surface area contributed by atoms with E-state index in [0.29, 0.717) is 0 Å². The number of aliphatic hydroxyl groups excluding tert-OH is 1. The van der Waals surface area contributed by atoms with Gasteiger partial charge in [0, 0.05) is 55.9 Å². The lowest BCUT2D eigenvalue weighted by Crippen LogP contribution is -2.61. The van der Waals surface area contributed by atoms with Crippen LogP contribution in [0.25, 0.3) is 0 Å².